The Kier molecular flexibility index (Phi) is 3.12. The van der Waals surface area contributed by atoms with E-state index in [1.807, 2.05) is 0 Å². The van der Waals surface area contributed by atoms with Crippen molar-refractivity contribution in [3.63, 3.8) is 0 Å². The Bertz CT molecular complexity index is 337. The first-order chi connectivity index (χ1) is 6.13. The smallest absolute Gasteiger partial charge is 0.163 e. The minimum atomic E-state index is -0.811. The van der Waals surface area contributed by atoms with Crippen molar-refractivity contribution in [1.82, 2.24) is 0 Å². The first-order valence-electron chi connectivity index (χ1n) is 4.37. The van der Waals surface area contributed by atoms with E-state index >= 15 is 0 Å². The third-order valence-electron chi connectivity index (χ3n) is 2.73. The topological polar surface area (TPSA) is 26.0 Å². The van der Waals surface area contributed by atoms with Crippen LogP contribution in [0.3, 0.4) is 0 Å². The Hall–Kier alpha value is -0.670. The molecule has 1 aromatic rings. The molecule has 0 aliphatic heterocycles. The Balaban J connectivity index is 0.000000980. The summed E-state index contributed by atoms with van der Waals surface area (Å²) in [6.07, 6.45) is 2.48. The summed E-state index contributed by atoms with van der Waals surface area (Å²) >= 11 is 0. The molecule has 14 heavy (non-hydrogen) atoms. The minimum absolute atomic E-state index is 0. The second-order valence-corrected chi connectivity index (χ2v) is 3.61. The number of benzene rings is 1. The van der Waals surface area contributed by atoms with Gasteiger partial charge in [0.2, 0.25) is 0 Å². The van der Waals surface area contributed by atoms with Crippen molar-refractivity contribution in [3.05, 3.63) is 35.4 Å². The fraction of sp³-hybridized carbons (Fsp3) is 0.400. The number of halogens is 3. The molecule has 0 spiro atoms. The summed E-state index contributed by atoms with van der Waals surface area (Å²) in [5, 5.41) is 0. The minimum Gasteiger partial charge on any atom is -0.321 e. The second kappa shape index (κ2) is 3.83. The molecule has 4 heteroatoms. The largest absolute Gasteiger partial charge is 0.321 e. The van der Waals surface area contributed by atoms with Crippen LogP contribution in [0.15, 0.2) is 18.2 Å². The van der Waals surface area contributed by atoms with E-state index in [1.165, 1.54) is 6.07 Å². The van der Waals surface area contributed by atoms with E-state index in [0.29, 0.717) is 5.56 Å². The van der Waals surface area contributed by atoms with E-state index in [9.17, 15) is 8.78 Å². The molecule has 0 aromatic heterocycles. The maximum absolute atomic E-state index is 13.3. The van der Waals surface area contributed by atoms with Crippen LogP contribution >= 0.6 is 12.4 Å². The lowest BCUT2D eigenvalue weighted by Gasteiger charge is -2.38. The van der Waals surface area contributed by atoms with Gasteiger partial charge in [0, 0.05) is 11.1 Å². The summed E-state index contributed by atoms with van der Waals surface area (Å²) in [6, 6.07) is 4.18. The lowest BCUT2D eigenvalue weighted by molar-refractivity contribution is 0.242. The molecule has 78 valence electrons. The van der Waals surface area contributed by atoms with Crippen LogP contribution in [-0.2, 0) is 5.54 Å². The molecule has 0 saturated heterocycles. The van der Waals surface area contributed by atoms with Gasteiger partial charge in [-0.15, -0.1) is 12.4 Å². The van der Waals surface area contributed by atoms with E-state index in [-0.39, 0.29) is 12.4 Å². The van der Waals surface area contributed by atoms with Crippen LogP contribution in [0.4, 0.5) is 8.78 Å². The van der Waals surface area contributed by atoms with Gasteiger partial charge >= 0.3 is 0 Å². The van der Waals surface area contributed by atoms with Crippen molar-refractivity contribution in [2.24, 2.45) is 5.73 Å². The summed E-state index contributed by atoms with van der Waals surface area (Å²) in [5.41, 5.74) is 5.59. The predicted molar refractivity (Wildman–Crippen MR) is 53.3 cm³/mol. The highest BCUT2D eigenvalue weighted by molar-refractivity contribution is 5.85. The third kappa shape index (κ3) is 1.62. The fourth-order valence-electron chi connectivity index (χ4n) is 1.72. The molecule has 0 unspecified atom stereocenters. The molecule has 0 amide bonds. The fourth-order valence-corrected chi connectivity index (χ4v) is 1.72. The van der Waals surface area contributed by atoms with Crippen molar-refractivity contribution >= 4 is 12.4 Å². The maximum Gasteiger partial charge on any atom is 0.163 e. The normalized spacial score (nSPS) is 18.2. The van der Waals surface area contributed by atoms with E-state index in [0.717, 1.165) is 25.3 Å². The number of hydrogen-bond donors (Lipinski definition) is 1. The zero-order valence-electron chi connectivity index (χ0n) is 7.59. The van der Waals surface area contributed by atoms with Crippen molar-refractivity contribution < 1.29 is 8.78 Å². The summed E-state index contributed by atoms with van der Waals surface area (Å²) in [5.74, 6) is -1.60. The monoisotopic (exact) mass is 219 g/mol. The molecular formula is C10H12ClF2N. The average Bonchev–Trinajstić information content (AvgIpc) is 2.06. The average molecular weight is 220 g/mol. The van der Waals surface area contributed by atoms with Gasteiger partial charge in [-0.3, -0.25) is 0 Å². The molecule has 1 nitrogen and oxygen atoms in total. The lowest BCUT2D eigenvalue weighted by Crippen LogP contribution is -2.44. The molecule has 1 aliphatic rings. The standard InChI is InChI=1S/C10H11F2N.ClH/c11-8-4-1-3-7(9(8)12)10(13)5-2-6-10;/h1,3-4H,2,5-6,13H2;1H. The van der Waals surface area contributed by atoms with Crippen LogP contribution in [0.2, 0.25) is 0 Å². The summed E-state index contributed by atoms with van der Waals surface area (Å²) in [6.45, 7) is 0. The van der Waals surface area contributed by atoms with Gasteiger partial charge in [-0.25, -0.2) is 8.78 Å². The maximum atomic E-state index is 13.3. The highest BCUT2D eigenvalue weighted by Crippen LogP contribution is 2.39. The zero-order chi connectivity index (χ0) is 9.47. The van der Waals surface area contributed by atoms with E-state index < -0.39 is 17.2 Å². The lowest BCUT2D eigenvalue weighted by atomic mass is 9.72. The highest BCUT2D eigenvalue weighted by atomic mass is 35.5. The Morgan fingerprint density at radius 2 is 1.86 bits per heavy atom. The number of nitrogens with two attached hydrogens (primary N) is 1. The SMILES string of the molecule is Cl.NC1(c2cccc(F)c2F)CCC1. The Morgan fingerprint density at radius 3 is 2.36 bits per heavy atom. The van der Waals surface area contributed by atoms with Crippen molar-refractivity contribution in [1.29, 1.82) is 0 Å². The number of rotatable bonds is 1. The van der Waals surface area contributed by atoms with Crippen molar-refractivity contribution in [3.8, 4) is 0 Å². The molecular weight excluding hydrogens is 208 g/mol. The van der Waals surface area contributed by atoms with Crippen LogP contribution in [0.25, 0.3) is 0 Å². The van der Waals surface area contributed by atoms with Crippen LogP contribution in [-0.4, -0.2) is 0 Å². The van der Waals surface area contributed by atoms with Crippen LogP contribution in [0.5, 0.6) is 0 Å². The van der Waals surface area contributed by atoms with Gasteiger partial charge in [0.1, 0.15) is 0 Å². The van der Waals surface area contributed by atoms with E-state index in [4.69, 9.17) is 5.73 Å². The van der Waals surface area contributed by atoms with Crippen molar-refractivity contribution in [2.45, 2.75) is 24.8 Å². The molecule has 1 fully saturated rings. The number of hydrogen-bond acceptors (Lipinski definition) is 1. The van der Waals surface area contributed by atoms with Gasteiger partial charge in [0.15, 0.2) is 11.6 Å². The van der Waals surface area contributed by atoms with Gasteiger partial charge in [-0.2, -0.15) is 0 Å². The first-order valence-corrected chi connectivity index (χ1v) is 4.37. The zero-order valence-corrected chi connectivity index (χ0v) is 8.41. The Morgan fingerprint density at radius 1 is 1.21 bits per heavy atom. The molecule has 0 radical (unpaired) electrons. The second-order valence-electron chi connectivity index (χ2n) is 3.61. The van der Waals surface area contributed by atoms with Crippen LogP contribution < -0.4 is 5.73 Å². The predicted octanol–water partition coefficient (Wildman–Crippen LogP) is 2.72. The molecule has 2 rings (SSSR count). The van der Waals surface area contributed by atoms with E-state index in [1.54, 1.807) is 6.07 Å². The molecule has 2 N–H and O–H groups in total. The molecule has 1 aliphatic carbocycles. The van der Waals surface area contributed by atoms with Gasteiger partial charge < -0.3 is 5.73 Å². The summed E-state index contributed by atoms with van der Waals surface area (Å²) in [4.78, 5) is 0. The third-order valence-corrected chi connectivity index (χ3v) is 2.73. The molecule has 0 heterocycles. The van der Waals surface area contributed by atoms with Gasteiger partial charge in [0.05, 0.1) is 0 Å². The van der Waals surface area contributed by atoms with Crippen LogP contribution in [0.1, 0.15) is 24.8 Å². The Labute approximate surface area is 87.7 Å². The molecule has 1 saturated carbocycles. The van der Waals surface area contributed by atoms with E-state index in [2.05, 4.69) is 0 Å². The van der Waals surface area contributed by atoms with Gasteiger partial charge in [0.25, 0.3) is 0 Å². The van der Waals surface area contributed by atoms with Gasteiger partial charge in [-0.1, -0.05) is 12.1 Å². The first kappa shape index (κ1) is 11.4. The molecule has 0 bridgehead atoms. The molecule has 1 aromatic carbocycles. The molecule has 0 atom stereocenters. The summed E-state index contributed by atoms with van der Waals surface area (Å²) < 4.78 is 26.1. The van der Waals surface area contributed by atoms with Gasteiger partial charge in [-0.05, 0) is 25.3 Å². The quantitative estimate of drug-likeness (QED) is 0.772. The summed E-state index contributed by atoms with van der Waals surface area (Å²) in [7, 11) is 0. The van der Waals surface area contributed by atoms with Crippen molar-refractivity contribution in [2.75, 3.05) is 0 Å². The highest BCUT2D eigenvalue weighted by Gasteiger charge is 2.37. The van der Waals surface area contributed by atoms with Crippen LogP contribution in [0, 0.1) is 11.6 Å².